The van der Waals surface area contributed by atoms with Gasteiger partial charge in [-0.25, -0.2) is 0 Å². The SMILES string of the molecule is [CH3-].[N-]=[N+]=[N-].[Zn+2]. The first-order valence-electron chi connectivity index (χ1n) is 0.400. The molecular weight excluding hydrogens is 119 g/mol. The fraction of sp³-hybridized carbons (Fsp3) is 0. The quantitative estimate of drug-likeness (QED) is 0.153. The molecule has 0 aromatic carbocycles. The standard InChI is InChI=1S/CH3.N3.Zn/c;1-3-2;/h1H3;;/q2*-1;+2. The third-order valence-electron chi connectivity index (χ3n) is 0. The Labute approximate surface area is 43.6 Å². The molecule has 0 fully saturated rings. The van der Waals surface area contributed by atoms with Crippen molar-refractivity contribution in [3.8, 4) is 0 Å². The number of nitrogens with zero attached hydrogens (tertiary/aromatic N) is 3. The van der Waals surface area contributed by atoms with Gasteiger partial charge in [0.1, 0.15) is 0 Å². The summed E-state index contributed by atoms with van der Waals surface area (Å²) in [6.07, 6.45) is 0. The summed E-state index contributed by atoms with van der Waals surface area (Å²) < 4.78 is 0. The molecule has 0 aromatic rings. The summed E-state index contributed by atoms with van der Waals surface area (Å²) in [5.41, 5.74) is 13.5. The van der Waals surface area contributed by atoms with E-state index < -0.39 is 0 Å². The van der Waals surface area contributed by atoms with Crippen molar-refractivity contribution >= 4 is 0 Å². The van der Waals surface area contributed by atoms with Gasteiger partial charge in [0.15, 0.2) is 0 Å². The van der Waals surface area contributed by atoms with E-state index >= 15 is 0 Å². The smallest absolute Gasteiger partial charge is 0.373 e. The van der Waals surface area contributed by atoms with E-state index in [0.29, 0.717) is 0 Å². The van der Waals surface area contributed by atoms with Crippen LogP contribution in [0.15, 0.2) is 0 Å². The van der Waals surface area contributed by atoms with Crippen molar-refractivity contribution in [1.82, 2.24) is 0 Å². The minimum atomic E-state index is 0. The second-order valence-corrected chi connectivity index (χ2v) is 0.0894. The van der Waals surface area contributed by atoms with Gasteiger partial charge >= 0.3 is 19.5 Å². The predicted octanol–water partition coefficient (Wildman–Crippen LogP) is 1.31. The minimum absolute atomic E-state index is 0. The van der Waals surface area contributed by atoms with Gasteiger partial charge in [0.2, 0.25) is 0 Å². The summed E-state index contributed by atoms with van der Waals surface area (Å²) in [6, 6.07) is 0. The van der Waals surface area contributed by atoms with Crippen molar-refractivity contribution in [2.75, 3.05) is 0 Å². The molecule has 0 atom stereocenters. The van der Waals surface area contributed by atoms with Gasteiger partial charge < -0.3 is 18.5 Å². The van der Waals surface area contributed by atoms with Crippen molar-refractivity contribution in [1.29, 1.82) is 0 Å². The fourth-order valence-electron chi connectivity index (χ4n) is 0. The molecule has 0 N–H and O–H groups in total. The minimum Gasteiger partial charge on any atom is -0.373 e. The maximum absolute atomic E-state index is 6.75. The van der Waals surface area contributed by atoms with Gasteiger partial charge in [-0.15, -0.1) is 0 Å². The van der Waals surface area contributed by atoms with Crippen LogP contribution in [0.25, 0.3) is 16.0 Å². The van der Waals surface area contributed by atoms with Gasteiger partial charge in [0.05, 0.1) is 0 Å². The number of hydrogen-bond acceptors (Lipinski definition) is 0. The van der Waals surface area contributed by atoms with E-state index in [1.54, 1.807) is 0 Å². The Morgan fingerprint density at radius 1 is 1.20 bits per heavy atom. The van der Waals surface area contributed by atoms with E-state index in [1.807, 2.05) is 0 Å². The van der Waals surface area contributed by atoms with Crippen molar-refractivity contribution in [3.63, 3.8) is 0 Å². The van der Waals surface area contributed by atoms with E-state index in [-0.39, 0.29) is 26.9 Å². The van der Waals surface area contributed by atoms with Crippen LogP contribution < -0.4 is 0 Å². The maximum Gasteiger partial charge on any atom is 2.00 e. The van der Waals surface area contributed by atoms with E-state index in [9.17, 15) is 0 Å². The number of rotatable bonds is 0. The summed E-state index contributed by atoms with van der Waals surface area (Å²) in [5, 5.41) is 0. The zero-order chi connectivity index (χ0) is 2.71. The van der Waals surface area contributed by atoms with Crippen molar-refractivity contribution < 1.29 is 19.5 Å². The van der Waals surface area contributed by atoms with Crippen LogP contribution in [0.1, 0.15) is 0 Å². The Morgan fingerprint density at radius 3 is 1.20 bits per heavy atom. The summed E-state index contributed by atoms with van der Waals surface area (Å²) >= 11 is 0. The van der Waals surface area contributed by atoms with Crippen LogP contribution >= 0.6 is 0 Å². The Kier molecular flexibility index (Phi) is 159. The van der Waals surface area contributed by atoms with E-state index in [0.717, 1.165) is 0 Å². The molecule has 0 aliphatic heterocycles. The van der Waals surface area contributed by atoms with Crippen LogP contribution in [0.5, 0.6) is 0 Å². The van der Waals surface area contributed by atoms with Gasteiger partial charge in [-0.05, 0) is 0 Å². The van der Waals surface area contributed by atoms with Gasteiger partial charge in [-0.1, -0.05) is 0 Å². The Balaban J connectivity index is -0.0000000200. The Bertz CT molecular complexity index is 27.9. The summed E-state index contributed by atoms with van der Waals surface area (Å²) in [4.78, 5) is 1.50. The van der Waals surface area contributed by atoms with Crippen LogP contribution in [0.4, 0.5) is 0 Å². The topological polar surface area (TPSA) is 58.7 Å². The van der Waals surface area contributed by atoms with Gasteiger partial charge in [0, 0.05) is 0 Å². The van der Waals surface area contributed by atoms with Crippen molar-refractivity contribution in [3.05, 3.63) is 23.4 Å². The molecule has 0 rings (SSSR count). The molecule has 0 bridgehead atoms. The Morgan fingerprint density at radius 2 is 1.20 bits per heavy atom. The predicted molar refractivity (Wildman–Crippen MR) is 16.5 cm³/mol. The van der Waals surface area contributed by atoms with Crippen LogP contribution in [-0.2, 0) is 19.5 Å². The second kappa shape index (κ2) is 38.8. The molecule has 0 unspecified atom stereocenters. The molecule has 0 aromatic heterocycles. The number of hydrogen-bond donors (Lipinski definition) is 0. The monoisotopic (exact) mass is 121 g/mol. The molecule has 0 spiro atoms. The maximum atomic E-state index is 6.75. The molecule has 24 valence electrons. The molecule has 0 aliphatic carbocycles. The zero-order valence-corrected chi connectivity index (χ0v) is 6.02. The molecule has 0 heterocycles. The molecule has 0 saturated carbocycles. The van der Waals surface area contributed by atoms with Gasteiger partial charge in [-0.3, -0.25) is 4.91 Å². The molecule has 4 heteroatoms. The zero-order valence-electron chi connectivity index (χ0n) is 3.05. The molecule has 0 radical (unpaired) electrons. The molecule has 0 aliphatic rings. The third kappa shape index (κ3) is 3310. The largest absolute Gasteiger partial charge is 2.00 e. The molecule has 5 heavy (non-hydrogen) atoms. The van der Waals surface area contributed by atoms with Crippen molar-refractivity contribution in [2.24, 2.45) is 0 Å². The van der Waals surface area contributed by atoms with E-state index in [2.05, 4.69) is 0 Å². The molecular formula is CH3N3Zn. The summed E-state index contributed by atoms with van der Waals surface area (Å²) in [5.74, 6) is 0. The normalized spacial score (nSPS) is 1.60. The first-order chi connectivity index (χ1) is 1.41. The van der Waals surface area contributed by atoms with E-state index in [4.69, 9.17) is 11.1 Å². The molecule has 0 amide bonds. The Hall–Kier alpha value is -0.0666. The third-order valence-corrected chi connectivity index (χ3v) is 0. The van der Waals surface area contributed by atoms with Crippen LogP contribution in [0.3, 0.4) is 0 Å². The van der Waals surface area contributed by atoms with Crippen LogP contribution in [0, 0.1) is 7.43 Å². The second-order valence-electron chi connectivity index (χ2n) is 0.0894. The average Bonchev–Trinajstić information content (AvgIpc) is 0.918. The first kappa shape index (κ1) is 20.4. The molecule has 3 nitrogen and oxygen atoms in total. The van der Waals surface area contributed by atoms with E-state index in [1.165, 1.54) is 4.91 Å². The average molecular weight is 122 g/mol. The fourth-order valence-corrected chi connectivity index (χ4v) is 0. The van der Waals surface area contributed by atoms with Gasteiger partial charge in [-0.2, -0.15) is 0 Å². The van der Waals surface area contributed by atoms with Crippen LogP contribution in [-0.4, -0.2) is 0 Å². The first-order valence-corrected chi connectivity index (χ1v) is 0.400. The summed E-state index contributed by atoms with van der Waals surface area (Å²) in [7, 11) is 0. The van der Waals surface area contributed by atoms with Crippen molar-refractivity contribution in [2.45, 2.75) is 0 Å². The molecule has 0 saturated heterocycles. The van der Waals surface area contributed by atoms with Gasteiger partial charge in [0.25, 0.3) is 0 Å². The summed E-state index contributed by atoms with van der Waals surface area (Å²) in [6.45, 7) is 0. The van der Waals surface area contributed by atoms with Crippen LogP contribution in [0.2, 0.25) is 0 Å².